The molecule has 0 aliphatic rings. The van der Waals surface area contributed by atoms with E-state index in [-0.39, 0.29) is 24.8 Å². The zero-order valence-corrected chi connectivity index (χ0v) is 18.1. The van der Waals surface area contributed by atoms with Crippen molar-refractivity contribution in [2.75, 3.05) is 25.6 Å². The minimum Gasteiger partial charge on any atom is -0.497 e. The van der Waals surface area contributed by atoms with Gasteiger partial charge in [-0.15, -0.1) is 11.3 Å². The number of methoxy groups -OCH3 is 1. The smallest absolute Gasteiger partial charge is 0.257 e. The van der Waals surface area contributed by atoms with Crippen molar-refractivity contribution in [3.8, 4) is 22.1 Å². The molecular weight excluding hydrogens is 416 g/mol. The lowest BCUT2D eigenvalue weighted by molar-refractivity contribution is -0.127. The molecule has 0 aliphatic heterocycles. The van der Waals surface area contributed by atoms with Gasteiger partial charge in [-0.05, 0) is 43.3 Å². The summed E-state index contributed by atoms with van der Waals surface area (Å²) in [6, 6.07) is 14.8. The second kappa shape index (κ2) is 11.0. The first-order valence-corrected chi connectivity index (χ1v) is 10.6. The molecule has 0 spiro atoms. The van der Waals surface area contributed by atoms with Crippen LogP contribution in [0.4, 0.5) is 5.69 Å². The summed E-state index contributed by atoms with van der Waals surface area (Å²) in [5.41, 5.74) is 7.07. The number of hydrogen-bond donors (Lipinski definition) is 3. The lowest BCUT2D eigenvalue weighted by atomic mass is 10.2. The highest BCUT2D eigenvalue weighted by Crippen LogP contribution is 2.32. The molecule has 3 rings (SSSR count). The molecule has 162 valence electrons. The summed E-state index contributed by atoms with van der Waals surface area (Å²) < 4.78 is 10.7. The van der Waals surface area contributed by atoms with Crippen molar-refractivity contribution in [3.63, 3.8) is 0 Å². The van der Waals surface area contributed by atoms with Crippen LogP contribution in [0.1, 0.15) is 12.6 Å². The van der Waals surface area contributed by atoms with Gasteiger partial charge in [0.2, 0.25) is 5.91 Å². The predicted octanol–water partition coefficient (Wildman–Crippen LogP) is 3.02. The van der Waals surface area contributed by atoms with E-state index < -0.39 is 0 Å². The lowest BCUT2D eigenvalue weighted by Crippen LogP contribution is -2.44. The number of anilines is 1. The molecule has 0 saturated heterocycles. The molecule has 0 aliphatic carbocycles. The van der Waals surface area contributed by atoms with Gasteiger partial charge >= 0.3 is 0 Å². The van der Waals surface area contributed by atoms with E-state index in [1.54, 1.807) is 31.4 Å². The number of rotatable bonds is 9. The zero-order valence-electron chi connectivity index (χ0n) is 17.3. The van der Waals surface area contributed by atoms with Gasteiger partial charge in [0.1, 0.15) is 16.5 Å². The first-order chi connectivity index (χ1) is 15.1. The lowest BCUT2D eigenvalue weighted by Gasteiger charge is -2.09. The molecule has 0 atom stereocenters. The van der Waals surface area contributed by atoms with Gasteiger partial charge in [-0.3, -0.25) is 20.4 Å². The number of nitrogens with one attached hydrogen (secondary N) is 3. The molecule has 2 aromatic carbocycles. The molecule has 3 aromatic rings. The average molecular weight is 441 g/mol. The molecule has 3 N–H and O–H groups in total. The Bertz CT molecular complexity index is 1020. The fraction of sp³-hybridized carbons (Fsp3) is 0.227. The Morgan fingerprint density at radius 2 is 1.77 bits per heavy atom. The van der Waals surface area contributed by atoms with Crippen molar-refractivity contribution < 1.29 is 19.1 Å². The Kier molecular flexibility index (Phi) is 7.83. The maximum Gasteiger partial charge on any atom is 0.257 e. The van der Waals surface area contributed by atoms with E-state index in [9.17, 15) is 9.59 Å². The van der Waals surface area contributed by atoms with E-state index >= 15 is 0 Å². The summed E-state index contributed by atoms with van der Waals surface area (Å²) in [6.07, 6.45) is 0.0550. The van der Waals surface area contributed by atoms with Crippen molar-refractivity contribution in [1.82, 2.24) is 15.8 Å². The molecule has 0 fully saturated rings. The van der Waals surface area contributed by atoms with E-state index in [4.69, 9.17) is 9.47 Å². The molecular formula is C22H24N4O4S. The summed E-state index contributed by atoms with van der Waals surface area (Å²) in [7, 11) is 1.59. The Balaban J connectivity index is 1.46. The number of ether oxygens (including phenoxy) is 2. The summed E-state index contributed by atoms with van der Waals surface area (Å²) >= 11 is 1.44. The molecule has 0 bridgehead atoms. The minimum atomic E-state index is -0.367. The normalized spacial score (nSPS) is 10.3. The number of carbonyl (C=O) groups is 2. The monoisotopic (exact) mass is 440 g/mol. The van der Waals surface area contributed by atoms with Gasteiger partial charge in [-0.2, -0.15) is 0 Å². The minimum absolute atomic E-state index is 0.0155. The summed E-state index contributed by atoms with van der Waals surface area (Å²) in [6.45, 7) is 2.50. The second-order valence-corrected chi connectivity index (χ2v) is 7.29. The Morgan fingerprint density at radius 1 is 1.03 bits per heavy atom. The number of para-hydroxylation sites is 1. The number of hydrogen-bond acceptors (Lipinski definition) is 7. The second-order valence-electron chi connectivity index (χ2n) is 6.43. The largest absolute Gasteiger partial charge is 0.497 e. The van der Waals surface area contributed by atoms with Crippen molar-refractivity contribution in [3.05, 3.63) is 59.6 Å². The van der Waals surface area contributed by atoms with Gasteiger partial charge in [0.15, 0.2) is 0 Å². The van der Waals surface area contributed by atoms with E-state index in [0.717, 1.165) is 27.8 Å². The highest BCUT2D eigenvalue weighted by Gasteiger charge is 2.13. The number of carbonyl (C=O) groups excluding carboxylic acids is 2. The highest BCUT2D eigenvalue weighted by atomic mass is 32.1. The van der Waals surface area contributed by atoms with Crippen LogP contribution in [0.2, 0.25) is 0 Å². The number of nitrogens with zero attached hydrogens (tertiary/aromatic N) is 1. The van der Waals surface area contributed by atoms with Crippen molar-refractivity contribution >= 4 is 28.8 Å². The molecule has 9 heteroatoms. The van der Waals surface area contributed by atoms with Crippen LogP contribution in [-0.4, -0.2) is 37.1 Å². The fourth-order valence-corrected chi connectivity index (χ4v) is 3.57. The van der Waals surface area contributed by atoms with E-state index in [0.29, 0.717) is 12.3 Å². The van der Waals surface area contributed by atoms with Crippen LogP contribution < -0.4 is 25.6 Å². The Morgan fingerprint density at radius 3 is 2.52 bits per heavy atom. The van der Waals surface area contributed by atoms with Crippen LogP contribution >= 0.6 is 11.3 Å². The van der Waals surface area contributed by atoms with Gasteiger partial charge in [0.05, 0.1) is 37.9 Å². The van der Waals surface area contributed by atoms with E-state index in [1.165, 1.54) is 11.3 Å². The predicted molar refractivity (Wildman–Crippen MR) is 120 cm³/mol. The number of thiazole rings is 1. The van der Waals surface area contributed by atoms with Crippen LogP contribution in [0, 0.1) is 0 Å². The topological polar surface area (TPSA) is 102 Å². The fourth-order valence-electron chi connectivity index (χ4n) is 2.72. The molecule has 31 heavy (non-hydrogen) atoms. The van der Waals surface area contributed by atoms with E-state index in [1.807, 2.05) is 36.6 Å². The third-order valence-electron chi connectivity index (χ3n) is 4.20. The van der Waals surface area contributed by atoms with Crippen LogP contribution in [0.3, 0.4) is 0 Å². The molecule has 0 unspecified atom stereocenters. The van der Waals surface area contributed by atoms with Crippen molar-refractivity contribution in [2.45, 2.75) is 13.3 Å². The van der Waals surface area contributed by atoms with Crippen molar-refractivity contribution in [1.29, 1.82) is 0 Å². The maximum absolute atomic E-state index is 12.2. The van der Waals surface area contributed by atoms with Crippen LogP contribution in [0.25, 0.3) is 10.6 Å². The molecule has 2 amide bonds. The van der Waals surface area contributed by atoms with Crippen molar-refractivity contribution in [2.24, 2.45) is 0 Å². The van der Waals surface area contributed by atoms with E-state index in [2.05, 4.69) is 21.2 Å². The summed E-state index contributed by atoms with van der Waals surface area (Å²) in [5, 5.41) is 5.57. The van der Waals surface area contributed by atoms with Gasteiger partial charge in [0.25, 0.3) is 5.91 Å². The third-order valence-corrected chi connectivity index (χ3v) is 5.12. The zero-order chi connectivity index (χ0) is 22.1. The quantitative estimate of drug-likeness (QED) is 0.442. The van der Waals surface area contributed by atoms with Crippen LogP contribution in [-0.2, 0) is 16.0 Å². The van der Waals surface area contributed by atoms with Gasteiger partial charge in [-0.1, -0.05) is 12.1 Å². The number of benzene rings is 2. The first-order valence-electron chi connectivity index (χ1n) is 9.71. The standard InChI is InChI=1S/C22H24N4O4S/c1-3-30-19-7-5-4-6-18(19)22-24-16(14-31-22)12-20(27)25-26-21(28)13-23-15-8-10-17(29-2)11-9-15/h4-11,14,23H,3,12-13H2,1-2H3,(H,25,27)(H,26,28). The SMILES string of the molecule is CCOc1ccccc1-c1nc(CC(=O)NNC(=O)CNc2ccc(OC)cc2)cs1. The van der Waals surface area contributed by atoms with Crippen LogP contribution in [0.15, 0.2) is 53.9 Å². The summed E-state index contributed by atoms with van der Waals surface area (Å²) in [5.74, 6) is 0.766. The van der Waals surface area contributed by atoms with Gasteiger partial charge < -0.3 is 14.8 Å². The molecule has 1 aromatic heterocycles. The number of amides is 2. The van der Waals surface area contributed by atoms with Gasteiger partial charge in [-0.25, -0.2) is 4.98 Å². The molecule has 0 saturated carbocycles. The molecule has 8 nitrogen and oxygen atoms in total. The summed E-state index contributed by atoms with van der Waals surface area (Å²) in [4.78, 5) is 28.6. The third kappa shape index (κ3) is 6.45. The average Bonchev–Trinajstić information content (AvgIpc) is 3.25. The Hall–Kier alpha value is -3.59. The first kappa shape index (κ1) is 22.1. The van der Waals surface area contributed by atoms with Gasteiger partial charge in [0, 0.05) is 11.1 Å². The number of aromatic nitrogens is 1. The van der Waals surface area contributed by atoms with Crippen LogP contribution in [0.5, 0.6) is 11.5 Å². The number of hydrazine groups is 1. The molecule has 1 heterocycles. The molecule has 0 radical (unpaired) electrons. The maximum atomic E-state index is 12.2. The Labute approximate surface area is 184 Å². The highest BCUT2D eigenvalue weighted by molar-refractivity contribution is 7.13.